The van der Waals surface area contributed by atoms with Gasteiger partial charge in [0.25, 0.3) is 5.91 Å². The number of amides is 1. The fraction of sp³-hybridized carbons (Fsp3) is 0.111. The number of fused-ring (bicyclic) bond motifs is 1. The number of rotatable bonds is 4. The van der Waals surface area contributed by atoms with E-state index < -0.39 is 21.3 Å². The summed E-state index contributed by atoms with van der Waals surface area (Å²) in [7, 11) is -3.50. The van der Waals surface area contributed by atoms with E-state index in [-0.39, 0.29) is 27.6 Å². The normalized spacial score (nSPS) is 11.4. The van der Waals surface area contributed by atoms with E-state index in [0.717, 1.165) is 6.07 Å². The van der Waals surface area contributed by atoms with Crippen LogP contribution < -0.4 is 10.9 Å². The summed E-state index contributed by atoms with van der Waals surface area (Å²) in [5, 5.41) is 13.0. The summed E-state index contributed by atoms with van der Waals surface area (Å²) in [4.78, 5) is 27.0. The van der Waals surface area contributed by atoms with Gasteiger partial charge in [0, 0.05) is 17.0 Å². The van der Waals surface area contributed by atoms with Crippen LogP contribution in [0.5, 0.6) is 5.75 Å². The van der Waals surface area contributed by atoms with Crippen LogP contribution in [-0.4, -0.2) is 30.2 Å². The molecule has 3 aromatic rings. The first-order valence-corrected chi connectivity index (χ1v) is 9.46. The van der Waals surface area contributed by atoms with E-state index in [0.29, 0.717) is 10.9 Å². The van der Waals surface area contributed by atoms with Crippen LogP contribution in [0, 0.1) is 0 Å². The van der Waals surface area contributed by atoms with Crippen LogP contribution in [0.25, 0.3) is 10.9 Å². The summed E-state index contributed by atoms with van der Waals surface area (Å²) < 4.78 is 24.0. The lowest BCUT2D eigenvalue weighted by Gasteiger charge is -2.11. The zero-order valence-corrected chi connectivity index (χ0v) is 14.6. The third kappa shape index (κ3) is 3.31. The summed E-state index contributed by atoms with van der Waals surface area (Å²) >= 11 is 0. The van der Waals surface area contributed by atoms with Gasteiger partial charge in [-0.3, -0.25) is 9.59 Å². The molecule has 0 aliphatic rings. The van der Waals surface area contributed by atoms with Crippen LogP contribution in [-0.2, 0) is 9.84 Å². The molecule has 0 atom stereocenters. The van der Waals surface area contributed by atoms with Gasteiger partial charge in [0.1, 0.15) is 5.75 Å². The van der Waals surface area contributed by atoms with Crippen LogP contribution in [0.1, 0.15) is 17.3 Å². The summed E-state index contributed by atoms with van der Waals surface area (Å²) in [5.74, 6) is -1.01. The highest BCUT2D eigenvalue weighted by atomic mass is 32.2. The predicted molar refractivity (Wildman–Crippen MR) is 98.4 cm³/mol. The highest BCUT2D eigenvalue weighted by molar-refractivity contribution is 7.91. The molecule has 3 rings (SSSR count). The van der Waals surface area contributed by atoms with Crippen molar-refractivity contribution in [2.75, 3.05) is 11.1 Å². The third-order valence-electron chi connectivity index (χ3n) is 3.95. The van der Waals surface area contributed by atoms with E-state index in [1.165, 1.54) is 25.1 Å². The molecule has 0 fully saturated rings. The highest BCUT2D eigenvalue weighted by Gasteiger charge is 2.17. The molecule has 0 unspecified atom stereocenters. The molecule has 0 aliphatic heterocycles. The number of H-pyrrole nitrogens is 1. The standard InChI is InChI=1S/C18H16N2O5S/c1-2-26(24,25)11-7-8-16(21)15(9-11)20-18(23)13-10-17(22)19-14-6-4-3-5-12(13)14/h3-10,21H,2H2,1H3,(H,19,22)(H,20,23). The minimum Gasteiger partial charge on any atom is -0.506 e. The number of aromatic hydroxyl groups is 1. The monoisotopic (exact) mass is 372 g/mol. The van der Waals surface area contributed by atoms with Crippen molar-refractivity contribution < 1.29 is 18.3 Å². The highest BCUT2D eigenvalue weighted by Crippen LogP contribution is 2.28. The maximum Gasteiger partial charge on any atom is 0.256 e. The van der Waals surface area contributed by atoms with E-state index in [1.807, 2.05) is 0 Å². The molecule has 2 aromatic carbocycles. The number of pyridine rings is 1. The van der Waals surface area contributed by atoms with Crippen molar-refractivity contribution in [1.29, 1.82) is 0 Å². The minimum atomic E-state index is -3.50. The van der Waals surface area contributed by atoms with Crippen molar-refractivity contribution in [3.05, 3.63) is 64.4 Å². The van der Waals surface area contributed by atoms with Gasteiger partial charge in [-0.1, -0.05) is 25.1 Å². The fourth-order valence-corrected chi connectivity index (χ4v) is 3.46. The second kappa shape index (κ2) is 6.64. The van der Waals surface area contributed by atoms with E-state index in [9.17, 15) is 23.1 Å². The first-order chi connectivity index (χ1) is 12.3. The van der Waals surface area contributed by atoms with Gasteiger partial charge >= 0.3 is 0 Å². The molecule has 7 nitrogen and oxygen atoms in total. The Morgan fingerprint density at radius 1 is 1.15 bits per heavy atom. The molecule has 134 valence electrons. The lowest BCUT2D eigenvalue weighted by molar-refractivity contribution is 0.102. The van der Waals surface area contributed by atoms with Crippen molar-refractivity contribution in [3.63, 3.8) is 0 Å². The molecule has 0 bridgehead atoms. The summed E-state index contributed by atoms with van der Waals surface area (Å²) in [6, 6.07) is 11.6. The minimum absolute atomic E-state index is 0.0103. The Kier molecular flexibility index (Phi) is 4.52. The van der Waals surface area contributed by atoms with Crippen LogP contribution in [0.15, 0.2) is 58.2 Å². The lowest BCUT2D eigenvalue weighted by Crippen LogP contribution is -2.17. The molecular weight excluding hydrogens is 356 g/mol. The molecule has 3 N–H and O–H groups in total. The number of carbonyl (C=O) groups is 1. The van der Waals surface area contributed by atoms with Gasteiger partial charge < -0.3 is 15.4 Å². The molecule has 0 saturated carbocycles. The number of phenols is 1. The van der Waals surface area contributed by atoms with E-state index in [1.54, 1.807) is 24.3 Å². The van der Waals surface area contributed by atoms with E-state index >= 15 is 0 Å². The lowest BCUT2D eigenvalue weighted by atomic mass is 10.1. The summed E-state index contributed by atoms with van der Waals surface area (Å²) in [5.41, 5.74) is 0.124. The average Bonchev–Trinajstić information content (AvgIpc) is 2.62. The van der Waals surface area contributed by atoms with Crippen LogP contribution in [0.2, 0.25) is 0 Å². The maximum atomic E-state index is 12.6. The number of sulfone groups is 1. The van der Waals surface area contributed by atoms with Crippen molar-refractivity contribution in [1.82, 2.24) is 4.98 Å². The van der Waals surface area contributed by atoms with Gasteiger partial charge in [-0.2, -0.15) is 0 Å². The number of aromatic nitrogens is 1. The number of aromatic amines is 1. The van der Waals surface area contributed by atoms with Crippen molar-refractivity contribution in [2.24, 2.45) is 0 Å². The number of carbonyl (C=O) groups excluding carboxylic acids is 1. The van der Waals surface area contributed by atoms with Crippen LogP contribution >= 0.6 is 0 Å². The Balaban J connectivity index is 2.04. The molecule has 1 amide bonds. The zero-order chi connectivity index (χ0) is 18.9. The van der Waals surface area contributed by atoms with Crippen molar-refractivity contribution in [2.45, 2.75) is 11.8 Å². The number of nitrogens with one attached hydrogen (secondary N) is 2. The molecule has 1 aromatic heterocycles. The molecule has 26 heavy (non-hydrogen) atoms. The smallest absolute Gasteiger partial charge is 0.256 e. The van der Waals surface area contributed by atoms with Crippen molar-refractivity contribution in [3.8, 4) is 5.75 Å². The molecule has 0 radical (unpaired) electrons. The quantitative estimate of drug-likeness (QED) is 0.608. The zero-order valence-electron chi connectivity index (χ0n) is 13.8. The first-order valence-electron chi connectivity index (χ1n) is 7.81. The van der Waals surface area contributed by atoms with Crippen LogP contribution in [0.4, 0.5) is 5.69 Å². The Labute approximate surface area is 149 Å². The Hall–Kier alpha value is -3.13. The molecule has 1 heterocycles. The fourth-order valence-electron chi connectivity index (χ4n) is 2.56. The predicted octanol–water partition coefficient (Wildman–Crippen LogP) is 2.28. The van der Waals surface area contributed by atoms with Gasteiger partial charge in [-0.15, -0.1) is 0 Å². The van der Waals surface area contributed by atoms with Gasteiger partial charge in [-0.05, 0) is 24.3 Å². The molecule has 0 spiro atoms. The number of hydrogen-bond donors (Lipinski definition) is 3. The molecule has 0 aliphatic carbocycles. The Bertz CT molecular complexity index is 1170. The average molecular weight is 372 g/mol. The van der Waals surface area contributed by atoms with Gasteiger partial charge in [0.15, 0.2) is 9.84 Å². The number of anilines is 1. The molecule has 0 saturated heterocycles. The Morgan fingerprint density at radius 2 is 1.88 bits per heavy atom. The summed E-state index contributed by atoms with van der Waals surface area (Å²) in [6.45, 7) is 1.50. The van der Waals surface area contributed by atoms with Gasteiger partial charge in [0.2, 0.25) is 5.56 Å². The Morgan fingerprint density at radius 3 is 2.62 bits per heavy atom. The maximum absolute atomic E-state index is 12.6. The SMILES string of the molecule is CCS(=O)(=O)c1ccc(O)c(NC(=O)c2cc(=O)[nH]c3ccccc23)c1. The van der Waals surface area contributed by atoms with E-state index in [4.69, 9.17) is 0 Å². The van der Waals surface area contributed by atoms with Crippen molar-refractivity contribution >= 4 is 32.3 Å². The molecular formula is C18H16N2O5S. The number of para-hydroxylation sites is 1. The first kappa shape index (κ1) is 17.7. The largest absolute Gasteiger partial charge is 0.506 e. The van der Waals surface area contributed by atoms with Gasteiger partial charge in [-0.25, -0.2) is 8.42 Å². The van der Waals surface area contributed by atoms with Crippen LogP contribution in [0.3, 0.4) is 0 Å². The summed E-state index contributed by atoms with van der Waals surface area (Å²) in [6.07, 6.45) is 0. The third-order valence-corrected chi connectivity index (χ3v) is 5.68. The van der Waals surface area contributed by atoms with E-state index in [2.05, 4.69) is 10.3 Å². The number of phenolic OH excluding ortho intramolecular Hbond substituents is 1. The topological polar surface area (TPSA) is 116 Å². The van der Waals surface area contributed by atoms with Gasteiger partial charge in [0.05, 0.1) is 21.9 Å². The number of benzene rings is 2. The number of hydrogen-bond acceptors (Lipinski definition) is 5. The second-order valence-electron chi connectivity index (χ2n) is 5.63. The second-order valence-corrected chi connectivity index (χ2v) is 7.91. The molecule has 8 heteroatoms.